The Balaban J connectivity index is 1.87. The van der Waals surface area contributed by atoms with E-state index in [4.69, 9.17) is 23.2 Å². The second-order valence-electron chi connectivity index (χ2n) is 4.31. The molecule has 22 heavy (non-hydrogen) atoms. The molecule has 0 N–H and O–H groups in total. The van der Waals surface area contributed by atoms with Crippen LogP contribution in [0.25, 0.3) is 27.1 Å². The Morgan fingerprint density at radius 2 is 1.95 bits per heavy atom. The zero-order valence-corrected chi connectivity index (χ0v) is 13.1. The molecule has 108 valence electrons. The van der Waals surface area contributed by atoms with Crippen molar-refractivity contribution in [3.63, 3.8) is 0 Å². The number of aromatic nitrogens is 6. The quantitative estimate of drug-likeness (QED) is 0.517. The standard InChI is InChI=1S/C13H6Cl2N6S/c14-9-5-4-7(10(15)17-9)12-20-21-11(18-19-13(21)22-12)8-3-1-2-6-16-8/h1-6H. The third kappa shape index (κ3) is 2.23. The fraction of sp³-hybridized carbons (Fsp3) is 0. The molecule has 0 atom stereocenters. The number of halogens is 2. The minimum atomic E-state index is 0.303. The molecule has 4 rings (SSSR count). The Kier molecular flexibility index (Phi) is 3.25. The van der Waals surface area contributed by atoms with E-state index in [0.717, 1.165) is 0 Å². The van der Waals surface area contributed by atoms with Crippen LogP contribution in [-0.2, 0) is 0 Å². The zero-order chi connectivity index (χ0) is 15.1. The summed E-state index contributed by atoms with van der Waals surface area (Å²) >= 11 is 13.3. The minimum absolute atomic E-state index is 0.303. The molecule has 0 radical (unpaired) electrons. The highest BCUT2D eigenvalue weighted by molar-refractivity contribution is 7.19. The van der Waals surface area contributed by atoms with Crippen LogP contribution < -0.4 is 0 Å². The molecule has 0 saturated heterocycles. The zero-order valence-electron chi connectivity index (χ0n) is 10.8. The van der Waals surface area contributed by atoms with Crippen molar-refractivity contribution in [2.24, 2.45) is 0 Å². The summed E-state index contributed by atoms with van der Waals surface area (Å²) in [5, 5.41) is 14.1. The lowest BCUT2D eigenvalue weighted by Gasteiger charge is -1.99. The Bertz CT molecular complexity index is 965. The van der Waals surface area contributed by atoms with Gasteiger partial charge in [0.1, 0.15) is 16.0 Å². The maximum absolute atomic E-state index is 6.13. The first kappa shape index (κ1) is 13.6. The van der Waals surface area contributed by atoms with Crippen LogP contribution in [0.15, 0.2) is 36.5 Å². The summed E-state index contributed by atoms with van der Waals surface area (Å²) in [7, 11) is 0. The van der Waals surface area contributed by atoms with Crippen molar-refractivity contribution < 1.29 is 0 Å². The van der Waals surface area contributed by atoms with Crippen LogP contribution in [0.5, 0.6) is 0 Å². The van der Waals surface area contributed by atoms with Crippen molar-refractivity contribution >= 4 is 39.5 Å². The summed E-state index contributed by atoms with van der Waals surface area (Å²) in [5.74, 6) is 0.580. The van der Waals surface area contributed by atoms with Crippen molar-refractivity contribution in [1.82, 2.24) is 29.8 Å². The molecule has 0 aliphatic heterocycles. The van der Waals surface area contributed by atoms with Gasteiger partial charge in [-0.3, -0.25) is 4.98 Å². The van der Waals surface area contributed by atoms with Crippen molar-refractivity contribution in [1.29, 1.82) is 0 Å². The van der Waals surface area contributed by atoms with Crippen molar-refractivity contribution in [2.75, 3.05) is 0 Å². The molecule has 0 aliphatic rings. The van der Waals surface area contributed by atoms with Crippen LogP contribution in [0.3, 0.4) is 0 Å². The van der Waals surface area contributed by atoms with E-state index in [1.165, 1.54) is 11.3 Å². The fourth-order valence-electron chi connectivity index (χ4n) is 1.95. The number of rotatable bonds is 2. The SMILES string of the molecule is Clc1ccc(-c2nn3c(-c4ccccn4)nnc3s2)c(Cl)n1. The average Bonchev–Trinajstić information content (AvgIpc) is 3.08. The molecule has 6 nitrogen and oxygen atoms in total. The molecule has 4 heterocycles. The number of hydrogen-bond acceptors (Lipinski definition) is 6. The van der Waals surface area contributed by atoms with E-state index < -0.39 is 0 Å². The Labute approximate surface area is 138 Å². The molecule has 0 aromatic carbocycles. The lowest BCUT2D eigenvalue weighted by molar-refractivity contribution is 0.961. The number of nitrogens with zero attached hydrogens (tertiary/aromatic N) is 6. The highest BCUT2D eigenvalue weighted by Crippen LogP contribution is 2.32. The van der Waals surface area contributed by atoms with Crippen LogP contribution in [0.1, 0.15) is 0 Å². The van der Waals surface area contributed by atoms with Gasteiger partial charge in [0.2, 0.25) is 10.8 Å². The molecule has 0 spiro atoms. The van der Waals surface area contributed by atoms with Gasteiger partial charge in [0.05, 0.1) is 0 Å². The summed E-state index contributed by atoms with van der Waals surface area (Å²) in [4.78, 5) is 8.95. The summed E-state index contributed by atoms with van der Waals surface area (Å²) in [6.07, 6.45) is 1.70. The largest absolute Gasteiger partial charge is 0.253 e. The molecule has 0 unspecified atom stereocenters. The normalized spacial score (nSPS) is 11.2. The predicted octanol–water partition coefficient (Wildman–Crippen LogP) is 3.62. The van der Waals surface area contributed by atoms with Crippen LogP contribution >= 0.6 is 34.5 Å². The average molecular weight is 349 g/mol. The lowest BCUT2D eigenvalue weighted by atomic mass is 10.3. The maximum Gasteiger partial charge on any atom is 0.235 e. The molecule has 0 saturated carbocycles. The van der Waals surface area contributed by atoms with Gasteiger partial charge in [-0.15, -0.1) is 10.2 Å². The van der Waals surface area contributed by atoms with Gasteiger partial charge in [-0.2, -0.15) is 9.61 Å². The number of pyridine rings is 2. The van der Waals surface area contributed by atoms with Gasteiger partial charge in [0.25, 0.3) is 0 Å². The third-order valence-corrected chi connectivity index (χ3v) is 4.36. The summed E-state index contributed by atoms with van der Waals surface area (Å²) < 4.78 is 1.65. The van der Waals surface area contributed by atoms with Crippen molar-refractivity contribution in [3.8, 4) is 22.1 Å². The second-order valence-corrected chi connectivity index (χ2v) is 6.01. The van der Waals surface area contributed by atoms with E-state index in [-0.39, 0.29) is 0 Å². The Hall–Kier alpha value is -2.09. The smallest absolute Gasteiger partial charge is 0.235 e. The van der Waals surface area contributed by atoms with E-state index in [1.807, 2.05) is 18.2 Å². The lowest BCUT2D eigenvalue weighted by Crippen LogP contribution is -1.93. The van der Waals surface area contributed by atoms with Crippen molar-refractivity contribution in [2.45, 2.75) is 0 Å². The van der Waals surface area contributed by atoms with Gasteiger partial charge in [-0.1, -0.05) is 40.6 Å². The molecular weight excluding hydrogens is 343 g/mol. The minimum Gasteiger partial charge on any atom is -0.253 e. The molecule has 4 aromatic rings. The number of hydrogen-bond donors (Lipinski definition) is 0. The van der Waals surface area contributed by atoms with Gasteiger partial charge < -0.3 is 0 Å². The van der Waals surface area contributed by atoms with Crippen molar-refractivity contribution in [3.05, 3.63) is 46.8 Å². The summed E-state index contributed by atoms with van der Waals surface area (Å²) in [6, 6.07) is 9.03. The summed E-state index contributed by atoms with van der Waals surface area (Å²) in [5.41, 5.74) is 1.40. The molecule has 4 aromatic heterocycles. The Morgan fingerprint density at radius 1 is 1.05 bits per heavy atom. The van der Waals surface area contributed by atoms with E-state index in [9.17, 15) is 0 Å². The number of fused-ring (bicyclic) bond motifs is 1. The fourth-order valence-corrected chi connectivity index (χ4v) is 3.31. The molecule has 0 fully saturated rings. The predicted molar refractivity (Wildman–Crippen MR) is 85.1 cm³/mol. The third-order valence-electron chi connectivity index (χ3n) is 2.93. The van der Waals surface area contributed by atoms with Crippen LogP contribution in [0.4, 0.5) is 0 Å². The first-order chi connectivity index (χ1) is 10.7. The molecular formula is C13H6Cl2N6S. The van der Waals surface area contributed by atoms with Gasteiger partial charge in [0.15, 0.2) is 5.01 Å². The van der Waals surface area contributed by atoms with Gasteiger partial charge in [0, 0.05) is 11.8 Å². The highest BCUT2D eigenvalue weighted by Gasteiger charge is 2.17. The van der Waals surface area contributed by atoms with E-state index in [1.54, 1.807) is 22.8 Å². The van der Waals surface area contributed by atoms with Gasteiger partial charge in [-0.25, -0.2) is 4.98 Å². The summed E-state index contributed by atoms with van der Waals surface area (Å²) in [6.45, 7) is 0. The maximum atomic E-state index is 6.13. The van der Waals surface area contributed by atoms with Crippen LogP contribution in [-0.4, -0.2) is 29.8 Å². The first-order valence-corrected chi connectivity index (χ1v) is 7.76. The van der Waals surface area contributed by atoms with E-state index in [2.05, 4.69) is 25.3 Å². The van der Waals surface area contributed by atoms with Gasteiger partial charge >= 0.3 is 0 Å². The molecule has 9 heteroatoms. The molecule has 0 bridgehead atoms. The van der Waals surface area contributed by atoms with Gasteiger partial charge in [-0.05, 0) is 24.3 Å². The highest BCUT2D eigenvalue weighted by atomic mass is 35.5. The molecule has 0 amide bonds. The Morgan fingerprint density at radius 3 is 2.73 bits per heavy atom. The monoisotopic (exact) mass is 348 g/mol. The second kappa shape index (κ2) is 5.28. The molecule has 0 aliphatic carbocycles. The van der Waals surface area contributed by atoms with E-state index >= 15 is 0 Å². The van der Waals surface area contributed by atoms with Crippen LogP contribution in [0, 0.1) is 0 Å². The van der Waals surface area contributed by atoms with E-state index in [0.29, 0.717) is 37.4 Å². The topological polar surface area (TPSA) is 68.9 Å². The van der Waals surface area contributed by atoms with Crippen LogP contribution in [0.2, 0.25) is 10.3 Å². The first-order valence-electron chi connectivity index (χ1n) is 6.18.